The van der Waals surface area contributed by atoms with Crippen LogP contribution in [0.25, 0.3) is 0 Å². The fourth-order valence-electron chi connectivity index (χ4n) is 3.55. The Morgan fingerprint density at radius 2 is 1.35 bits per heavy atom. The van der Waals surface area contributed by atoms with Gasteiger partial charge in [-0.05, 0) is 24.8 Å². The lowest BCUT2D eigenvalue weighted by atomic mass is 9.94. The Morgan fingerprint density at radius 1 is 0.870 bits per heavy atom. The molecule has 0 saturated carbocycles. The van der Waals surface area contributed by atoms with E-state index in [-0.39, 0.29) is 0 Å². The lowest BCUT2D eigenvalue weighted by Crippen LogP contribution is -2.04. The molecule has 0 aromatic rings. The van der Waals surface area contributed by atoms with Gasteiger partial charge in [0, 0.05) is 18.2 Å². The summed E-state index contributed by atoms with van der Waals surface area (Å²) in [7, 11) is 0. The number of unbranched alkanes of at least 4 members (excludes halogenated alkanes) is 10. The summed E-state index contributed by atoms with van der Waals surface area (Å²) in [5.41, 5.74) is 2.50. The maximum Gasteiger partial charge on any atom is 0.0461 e. The van der Waals surface area contributed by atoms with E-state index in [0.29, 0.717) is 5.92 Å². The van der Waals surface area contributed by atoms with Crippen molar-refractivity contribution in [1.29, 1.82) is 0 Å². The van der Waals surface area contributed by atoms with Crippen molar-refractivity contribution in [3.05, 3.63) is 12.2 Å². The summed E-state index contributed by atoms with van der Waals surface area (Å²) in [6.45, 7) is 11.9. The van der Waals surface area contributed by atoms with Crippen molar-refractivity contribution in [2.75, 3.05) is 6.54 Å². The van der Waals surface area contributed by atoms with Crippen LogP contribution in [0, 0.1) is 11.8 Å². The van der Waals surface area contributed by atoms with Crippen LogP contribution in [0.3, 0.4) is 0 Å². The maximum atomic E-state index is 4.50. The first-order valence-electron chi connectivity index (χ1n) is 10.3. The molecule has 0 amide bonds. The third-order valence-electron chi connectivity index (χ3n) is 5.34. The number of rotatable bonds is 14. The van der Waals surface area contributed by atoms with Crippen molar-refractivity contribution in [1.82, 2.24) is 0 Å². The second-order valence-corrected chi connectivity index (χ2v) is 8.01. The van der Waals surface area contributed by atoms with Crippen LogP contribution in [-0.4, -0.2) is 12.3 Å². The average Bonchev–Trinajstić information content (AvgIpc) is 2.83. The van der Waals surface area contributed by atoms with E-state index < -0.39 is 0 Å². The van der Waals surface area contributed by atoms with Gasteiger partial charge < -0.3 is 0 Å². The molecule has 1 heterocycles. The van der Waals surface area contributed by atoms with E-state index in [9.17, 15) is 0 Å². The third kappa shape index (κ3) is 9.99. The van der Waals surface area contributed by atoms with Crippen LogP contribution in [0.5, 0.6) is 0 Å². The second-order valence-electron chi connectivity index (χ2n) is 8.01. The average molecular weight is 320 g/mol. The Morgan fingerprint density at radius 3 is 1.78 bits per heavy atom. The van der Waals surface area contributed by atoms with Gasteiger partial charge in [0.15, 0.2) is 0 Å². The van der Waals surface area contributed by atoms with Gasteiger partial charge in [-0.2, -0.15) is 0 Å². The Kier molecular flexibility index (Phi) is 11.4. The molecule has 1 rings (SSSR count). The highest BCUT2D eigenvalue weighted by Gasteiger charge is 2.19. The zero-order valence-corrected chi connectivity index (χ0v) is 16.2. The van der Waals surface area contributed by atoms with Crippen LogP contribution in [0.2, 0.25) is 0 Å². The third-order valence-corrected chi connectivity index (χ3v) is 5.34. The minimum absolute atomic E-state index is 0.658. The van der Waals surface area contributed by atoms with E-state index in [1.54, 1.807) is 0 Å². The summed E-state index contributed by atoms with van der Waals surface area (Å²) in [5.74, 6) is 1.55. The van der Waals surface area contributed by atoms with Gasteiger partial charge in [0.05, 0.1) is 0 Å². The monoisotopic (exact) mass is 319 g/mol. The highest BCUT2D eigenvalue weighted by molar-refractivity contribution is 5.99. The molecule has 1 atom stereocenters. The van der Waals surface area contributed by atoms with Gasteiger partial charge in [0.1, 0.15) is 0 Å². The van der Waals surface area contributed by atoms with Gasteiger partial charge >= 0.3 is 0 Å². The zero-order chi connectivity index (χ0) is 16.9. The maximum absolute atomic E-state index is 4.50. The van der Waals surface area contributed by atoms with E-state index in [4.69, 9.17) is 0 Å². The molecule has 0 radical (unpaired) electrons. The highest BCUT2D eigenvalue weighted by Crippen LogP contribution is 2.24. The Bertz CT molecular complexity index is 340. The molecule has 134 valence electrons. The van der Waals surface area contributed by atoms with Crippen LogP contribution >= 0.6 is 0 Å². The molecule has 0 aliphatic carbocycles. The van der Waals surface area contributed by atoms with Gasteiger partial charge in [-0.15, -0.1) is 0 Å². The van der Waals surface area contributed by atoms with E-state index in [2.05, 4.69) is 32.3 Å². The van der Waals surface area contributed by atoms with Crippen molar-refractivity contribution >= 4 is 5.71 Å². The SMILES string of the molecule is C=C1C(C)=NCC1CCCCCCCCCCCCCC(C)C. The summed E-state index contributed by atoms with van der Waals surface area (Å²) in [5, 5.41) is 0. The quantitative estimate of drug-likeness (QED) is 0.296. The fourth-order valence-corrected chi connectivity index (χ4v) is 3.55. The van der Waals surface area contributed by atoms with Crippen molar-refractivity contribution in [2.45, 2.75) is 104 Å². The molecular formula is C22H41N. The van der Waals surface area contributed by atoms with Crippen molar-refractivity contribution in [3.63, 3.8) is 0 Å². The van der Waals surface area contributed by atoms with Gasteiger partial charge in [-0.25, -0.2) is 0 Å². The van der Waals surface area contributed by atoms with E-state index in [1.165, 1.54) is 94.8 Å². The minimum atomic E-state index is 0.658. The standard InChI is InChI=1S/C22H41N/c1-19(2)16-14-12-10-8-6-5-7-9-11-13-15-17-22-18-23-21(4)20(22)3/h19,22H,3,5-18H2,1-2,4H3. The van der Waals surface area contributed by atoms with Crippen molar-refractivity contribution < 1.29 is 0 Å². The number of aliphatic imine (C=N–C) groups is 1. The van der Waals surface area contributed by atoms with Crippen LogP contribution in [0.1, 0.15) is 104 Å². The first kappa shape index (κ1) is 20.5. The molecule has 0 spiro atoms. The number of nitrogens with zero attached hydrogens (tertiary/aromatic N) is 1. The van der Waals surface area contributed by atoms with Gasteiger partial charge in [0.2, 0.25) is 0 Å². The van der Waals surface area contributed by atoms with Crippen LogP contribution < -0.4 is 0 Å². The van der Waals surface area contributed by atoms with Crippen LogP contribution in [-0.2, 0) is 0 Å². The Labute approximate surface area is 146 Å². The molecule has 0 saturated heterocycles. The summed E-state index contributed by atoms with van der Waals surface area (Å²) >= 11 is 0. The van der Waals surface area contributed by atoms with Gasteiger partial charge in [-0.3, -0.25) is 4.99 Å². The largest absolute Gasteiger partial charge is 0.289 e. The fraction of sp³-hybridized carbons (Fsp3) is 0.864. The second kappa shape index (κ2) is 12.8. The molecule has 0 N–H and O–H groups in total. The van der Waals surface area contributed by atoms with Crippen LogP contribution in [0.15, 0.2) is 17.1 Å². The summed E-state index contributed by atoms with van der Waals surface area (Å²) in [6.07, 6.45) is 18.5. The van der Waals surface area contributed by atoms with Gasteiger partial charge in [0.25, 0.3) is 0 Å². The number of hydrogen-bond donors (Lipinski definition) is 0. The van der Waals surface area contributed by atoms with Gasteiger partial charge in [-0.1, -0.05) is 97.5 Å². The predicted molar refractivity (Wildman–Crippen MR) is 105 cm³/mol. The van der Waals surface area contributed by atoms with Crippen molar-refractivity contribution in [2.24, 2.45) is 16.8 Å². The Hall–Kier alpha value is -0.590. The number of hydrogen-bond acceptors (Lipinski definition) is 1. The lowest BCUT2D eigenvalue weighted by Gasteiger charge is -2.10. The van der Waals surface area contributed by atoms with E-state index in [0.717, 1.165) is 12.5 Å². The summed E-state index contributed by atoms with van der Waals surface area (Å²) in [4.78, 5) is 4.50. The molecular weight excluding hydrogens is 278 g/mol. The zero-order valence-electron chi connectivity index (χ0n) is 16.2. The summed E-state index contributed by atoms with van der Waals surface area (Å²) < 4.78 is 0. The first-order valence-corrected chi connectivity index (χ1v) is 10.3. The lowest BCUT2D eigenvalue weighted by molar-refractivity contribution is 0.498. The molecule has 0 aromatic heterocycles. The topological polar surface area (TPSA) is 12.4 Å². The van der Waals surface area contributed by atoms with Crippen molar-refractivity contribution in [3.8, 4) is 0 Å². The molecule has 1 nitrogen and oxygen atoms in total. The molecule has 1 aliphatic heterocycles. The smallest absolute Gasteiger partial charge is 0.0461 e. The summed E-state index contributed by atoms with van der Waals surface area (Å²) in [6, 6.07) is 0. The van der Waals surface area contributed by atoms with Crippen LogP contribution in [0.4, 0.5) is 0 Å². The molecule has 1 aliphatic rings. The molecule has 1 heteroatoms. The molecule has 1 unspecified atom stereocenters. The normalized spacial score (nSPS) is 18.0. The van der Waals surface area contributed by atoms with E-state index in [1.807, 2.05) is 0 Å². The highest BCUT2D eigenvalue weighted by atomic mass is 14.8. The first-order chi connectivity index (χ1) is 11.1. The molecule has 0 aromatic carbocycles. The predicted octanol–water partition coefficient (Wildman–Crippen LogP) is 7.36. The molecule has 0 fully saturated rings. The van der Waals surface area contributed by atoms with E-state index >= 15 is 0 Å². The Balaban J connectivity index is 1.76. The molecule has 0 bridgehead atoms. The minimum Gasteiger partial charge on any atom is -0.289 e. The molecule has 23 heavy (non-hydrogen) atoms.